The smallest absolute Gasteiger partial charge is 0.311 e. The van der Waals surface area contributed by atoms with Crippen LogP contribution in [0.2, 0.25) is 0 Å². The number of benzene rings is 1. The topological polar surface area (TPSA) is 119 Å². The minimum atomic E-state index is -1.05. The first-order chi connectivity index (χ1) is 9.47. The summed E-state index contributed by atoms with van der Waals surface area (Å²) in [5.74, 6) is -1.78. The van der Waals surface area contributed by atoms with Gasteiger partial charge in [-0.1, -0.05) is 6.07 Å². The number of hydrogen-bond acceptors (Lipinski definition) is 5. The summed E-state index contributed by atoms with van der Waals surface area (Å²) in [5.41, 5.74) is -0.302. The zero-order valence-corrected chi connectivity index (χ0v) is 10.8. The first kappa shape index (κ1) is 15.4. The number of aliphatic carboxylic acids is 1. The van der Waals surface area contributed by atoms with Gasteiger partial charge in [-0.3, -0.25) is 19.7 Å². The first-order valence-corrected chi connectivity index (χ1v) is 5.87. The number of nitrogens with zero attached hydrogens (tertiary/aromatic N) is 1. The van der Waals surface area contributed by atoms with Gasteiger partial charge in [0.15, 0.2) is 0 Å². The molecule has 0 aliphatic rings. The van der Waals surface area contributed by atoms with Gasteiger partial charge in [0.05, 0.1) is 23.5 Å². The van der Waals surface area contributed by atoms with Gasteiger partial charge in [-0.25, -0.2) is 0 Å². The summed E-state index contributed by atoms with van der Waals surface area (Å²) in [6, 6.07) is 3.99. The van der Waals surface area contributed by atoms with E-state index in [1.54, 1.807) is 6.92 Å². The molecule has 0 saturated heterocycles. The molecule has 0 bridgehead atoms. The molecule has 0 aliphatic carbocycles. The number of nitrogens with one attached hydrogen (secondary N) is 1. The van der Waals surface area contributed by atoms with Crippen LogP contribution in [0.3, 0.4) is 0 Å². The Morgan fingerprint density at radius 2 is 2.15 bits per heavy atom. The number of carbonyl (C=O) groups is 2. The molecule has 0 unspecified atom stereocenters. The average molecular weight is 282 g/mol. The summed E-state index contributed by atoms with van der Waals surface area (Å²) in [6.07, 6.45) is -0.232. The van der Waals surface area contributed by atoms with Gasteiger partial charge in [0.1, 0.15) is 0 Å². The Bertz CT molecular complexity index is 529. The molecule has 2 N–H and O–H groups in total. The van der Waals surface area contributed by atoms with E-state index in [1.807, 2.05) is 0 Å². The van der Waals surface area contributed by atoms with Gasteiger partial charge in [-0.2, -0.15) is 0 Å². The molecule has 0 aliphatic heterocycles. The summed E-state index contributed by atoms with van der Waals surface area (Å²) in [5, 5.41) is 21.8. The molecular weight excluding hydrogens is 268 g/mol. The molecule has 0 aromatic heterocycles. The fourth-order valence-corrected chi connectivity index (χ4v) is 1.52. The zero-order chi connectivity index (χ0) is 15.1. The molecule has 1 aromatic carbocycles. The van der Waals surface area contributed by atoms with E-state index in [1.165, 1.54) is 18.2 Å². The third-order valence-corrected chi connectivity index (χ3v) is 2.35. The van der Waals surface area contributed by atoms with E-state index in [9.17, 15) is 19.7 Å². The molecule has 20 heavy (non-hydrogen) atoms. The molecule has 8 heteroatoms. The van der Waals surface area contributed by atoms with Crippen LogP contribution in [0.15, 0.2) is 18.2 Å². The molecule has 0 saturated carbocycles. The van der Waals surface area contributed by atoms with Gasteiger partial charge in [0, 0.05) is 12.6 Å². The van der Waals surface area contributed by atoms with Crippen molar-refractivity contribution in [2.24, 2.45) is 0 Å². The molecule has 0 atom stereocenters. The van der Waals surface area contributed by atoms with Crippen molar-refractivity contribution in [3.63, 3.8) is 0 Å². The average Bonchev–Trinajstić information content (AvgIpc) is 2.38. The number of nitro groups is 1. The number of ether oxygens (including phenoxy) is 1. The van der Waals surface area contributed by atoms with E-state index in [2.05, 4.69) is 5.32 Å². The Labute approximate surface area is 114 Å². The molecule has 1 aromatic rings. The second-order valence-corrected chi connectivity index (χ2v) is 3.74. The highest BCUT2D eigenvalue weighted by Crippen LogP contribution is 2.30. The number of nitro benzene ring substituents is 1. The summed E-state index contributed by atoms with van der Waals surface area (Å²) >= 11 is 0. The Morgan fingerprint density at radius 1 is 1.45 bits per heavy atom. The summed E-state index contributed by atoms with van der Waals surface area (Å²) < 4.78 is 5.16. The van der Waals surface area contributed by atoms with Crippen LogP contribution in [0.1, 0.15) is 23.7 Å². The highest BCUT2D eigenvalue weighted by Gasteiger charge is 2.22. The van der Waals surface area contributed by atoms with Crippen molar-refractivity contribution in [1.82, 2.24) is 5.32 Å². The normalized spacial score (nSPS) is 9.85. The quantitative estimate of drug-likeness (QED) is 0.573. The van der Waals surface area contributed by atoms with Gasteiger partial charge in [0.2, 0.25) is 5.75 Å². The van der Waals surface area contributed by atoms with E-state index in [0.717, 1.165) is 0 Å². The molecular formula is C12H14N2O6. The van der Waals surface area contributed by atoms with Crippen LogP contribution < -0.4 is 10.1 Å². The maximum absolute atomic E-state index is 11.9. The molecule has 1 rings (SSSR count). The lowest BCUT2D eigenvalue weighted by molar-refractivity contribution is -0.385. The van der Waals surface area contributed by atoms with Crippen molar-refractivity contribution in [2.75, 3.05) is 13.2 Å². The van der Waals surface area contributed by atoms with Gasteiger partial charge in [-0.05, 0) is 13.0 Å². The van der Waals surface area contributed by atoms with Gasteiger partial charge >= 0.3 is 11.7 Å². The minimum Gasteiger partial charge on any atom is -0.487 e. The number of carbonyl (C=O) groups excluding carboxylic acids is 1. The molecule has 108 valence electrons. The second kappa shape index (κ2) is 7.07. The van der Waals surface area contributed by atoms with Crippen molar-refractivity contribution in [1.29, 1.82) is 0 Å². The van der Waals surface area contributed by atoms with Crippen LogP contribution in [-0.4, -0.2) is 35.1 Å². The van der Waals surface area contributed by atoms with Crippen molar-refractivity contribution in [3.05, 3.63) is 33.9 Å². The van der Waals surface area contributed by atoms with Crippen LogP contribution in [0, 0.1) is 10.1 Å². The van der Waals surface area contributed by atoms with Gasteiger partial charge < -0.3 is 15.2 Å². The summed E-state index contributed by atoms with van der Waals surface area (Å²) in [7, 11) is 0. The summed E-state index contributed by atoms with van der Waals surface area (Å²) in [4.78, 5) is 32.5. The zero-order valence-electron chi connectivity index (χ0n) is 10.8. The lowest BCUT2D eigenvalue weighted by atomic mass is 10.1. The predicted molar refractivity (Wildman–Crippen MR) is 68.9 cm³/mol. The van der Waals surface area contributed by atoms with Crippen molar-refractivity contribution < 1.29 is 24.4 Å². The van der Waals surface area contributed by atoms with Gasteiger partial charge in [-0.15, -0.1) is 0 Å². The molecule has 1 amide bonds. The van der Waals surface area contributed by atoms with Crippen LogP contribution in [-0.2, 0) is 4.79 Å². The van der Waals surface area contributed by atoms with Crippen LogP contribution in [0.4, 0.5) is 5.69 Å². The van der Waals surface area contributed by atoms with Crippen LogP contribution in [0.5, 0.6) is 5.75 Å². The summed E-state index contributed by atoms with van der Waals surface area (Å²) in [6.45, 7) is 1.74. The number of hydrogen-bond donors (Lipinski definition) is 2. The van der Waals surface area contributed by atoms with E-state index < -0.39 is 16.8 Å². The highest BCUT2D eigenvalue weighted by molar-refractivity contribution is 5.98. The Hall–Kier alpha value is -2.64. The van der Waals surface area contributed by atoms with E-state index in [4.69, 9.17) is 9.84 Å². The Morgan fingerprint density at radius 3 is 2.70 bits per heavy atom. The van der Waals surface area contributed by atoms with Crippen LogP contribution in [0.25, 0.3) is 0 Å². The second-order valence-electron chi connectivity index (χ2n) is 3.74. The highest BCUT2D eigenvalue weighted by atomic mass is 16.6. The molecule has 0 radical (unpaired) electrons. The molecule has 8 nitrogen and oxygen atoms in total. The van der Waals surface area contributed by atoms with Gasteiger partial charge in [0.25, 0.3) is 5.91 Å². The lowest BCUT2D eigenvalue weighted by Crippen LogP contribution is -2.26. The molecule has 0 heterocycles. The molecule has 0 spiro atoms. The van der Waals surface area contributed by atoms with Crippen molar-refractivity contribution in [2.45, 2.75) is 13.3 Å². The predicted octanol–water partition coefficient (Wildman–Crippen LogP) is 1.20. The van der Waals surface area contributed by atoms with E-state index in [-0.39, 0.29) is 36.6 Å². The Balaban J connectivity index is 2.98. The third kappa shape index (κ3) is 3.94. The first-order valence-electron chi connectivity index (χ1n) is 5.87. The maximum atomic E-state index is 11.9. The molecule has 0 fully saturated rings. The lowest BCUT2D eigenvalue weighted by Gasteiger charge is -2.10. The van der Waals surface area contributed by atoms with Crippen molar-refractivity contribution >= 4 is 17.6 Å². The third-order valence-electron chi connectivity index (χ3n) is 2.35. The van der Waals surface area contributed by atoms with Crippen LogP contribution >= 0.6 is 0 Å². The number of rotatable bonds is 7. The number of amides is 1. The minimum absolute atomic E-state index is 0.00596. The van der Waals surface area contributed by atoms with E-state index >= 15 is 0 Å². The fraction of sp³-hybridized carbons (Fsp3) is 0.333. The van der Waals surface area contributed by atoms with E-state index in [0.29, 0.717) is 0 Å². The number of carboxylic acids is 1. The van der Waals surface area contributed by atoms with Crippen molar-refractivity contribution in [3.8, 4) is 5.75 Å². The maximum Gasteiger partial charge on any atom is 0.311 e. The fourth-order valence-electron chi connectivity index (χ4n) is 1.52. The standard InChI is InChI=1S/C12H14N2O6/c1-2-20-11-8(4-3-5-9(11)14(18)19)12(17)13-7-6-10(15)16/h3-5H,2,6-7H2,1H3,(H,13,17)(H,15,16). The Kier molecular flexibility index (Phi) is 5.45. The number of carboxylic acid groups (broad SMARTS) is 1. The SMILES string of the molecule is CCOc1c(C(=O)NCCC(=O)O)cccc1[N+](=O)[O-]. The largest absolute Gasteiger partial charge is 0.487 e. The monoisotopic (exact) mass is 282 g/mol. The number of para-hydroxylation sites is 1.